The molecule has 5 nitrogen and oxygen atoms in total. The standard InChI is InChI=1S/C17H16N2O3/c1-2-22-17(21)13-10-15(20)19(16(13)18)14-9-5-7-11-6-3-4-8-12(11)14/h3-9H,2,10,18H2,1H3. The Balaban J connectivity index is 2.10. The van der Waals surface area contributed by atoms with Crippen LogP contribution in [0.5, 0.6) is 0 Å². The van der Waals surface area contributed by atoms with Crippen molar-refractivity contribution in [1.29, 1.82) is 0 Å². The highest BCUT2D eigenvalue weighted by molar-refractivity contribution is 6.12. The van der Waals surface area contributed by atoms with E-state index in [0.717, 1.165) is 10.8 Å². The minimum absolute atomic E-state index is 0.0338. The predicted octanol–water partition coefficient (Wildman–Crippen LogP) is 2.31. The molecule has 2 aromatic rings. The highest BCUT2D eigenvalue weighted by atomic mass is 16.5. The summed E-state index contributed by atoms with van der Waals surface area (Å²) in [4.78, 5) is 25.6. The van der Waals surface area contributed by atoms with E-state index in [4.69, 9.17) is 10.5 Å². The molecule has 0 aliphatic carbocycles. The number of ether oxygens (including phenoxy) is 1. The molecule has 1 aliphatic rings. The number of hydrogen-bond acceptors (Lipinski definition) is 4. The normalized spacial score (nSPS) is 14.8. The van der Waals surface area contributed by atoms with Crippen LogP contribution in [-0.2, 0) is 14.3 Å². The Morgan fingerprint density at radius 1 is 1.23 bits per heavy atom. The van der Waals surface area contributed by atoms with Gasteiger partial charge in [-0.2, -0.15) is 0 Å². The van der Waals surface area contributed by atoms with E-state index in [9.17, 15) is 9.59 Å². The van der Waals surface area contributed by atoms with Crippen LogP contribution in [0.25, 0.3) is 10.8 Å². The topological polar surface area (TPSA) is 72.6 Å². The molecular formula is C17H16N2O3. The lowest BCUT2D eigenvalue weighted by molar-refractivity contribution is -0.139. The van der Waals surface area contributed by atoms with Crippen LogP contribution in [0, 0.1) is 0 Å². The van der Waals surface area contributed by atoms with Crippen molar-refractivity contribution >= 4 is 28.3 Å². The number of nitrogens with zero attached hydrogens (tertiary/aromatic N) is 1. The molecule has 0 fully saturated rings. The van der Waals surface area contributed by atoms with Crippen LogP contribution in [0.3, 0.4) is 0 Å². The molecule has 0 spiro atoms. The third-order valence-electron chi connectivity index (χ3n) is 3.66. The van der Waals surface area contributed by atoms with Gasteiger partial charge in [0.1, 0.15) is 5.82 Å². The molecule has 22 heavy (non-hydrogen) atoms. The van der Waals surface area contributed by atoms with E-state index in [1.807, 2.05) is 42.5 Å². The molecule has 0 unspecified atom stereocenters. The Labute approximate surface area is 128 Å². The molecule has 5 heteroatoms. The van der Waals surface area contributed by atoms with Gasteiger partial charge in [0, 0.05) is 5.39 Å². The third-order valence-corrected chi connectivity index (χ3v) is 3.66. The summed E-state index contributed by atoms with van der Waals surface area (Å²) >= 11 is 0. The third kappa shape index (κ3) is 2.20. The SMILES string of the molecule is CCOC(=O)C1=C(N)N(c2cccc3ccccc23)C(=O)C1. The van der Waals surface area contributed by atoms with Crippen molar-refractivity contribution < 1.29 is 14.3 Å². The second-order valence-corrected chi connectivity index (χ2v) is 4.99. The fourth-order valence-corrected chi connectivity index (χ4v) is 2.65. The smallest absolute Gasteiger partial charge is 0.338 e. The molecule has 112 valence electrons. The first-order chi connectivity index (χ1) is 10.6. The average Bonchev–Trinajstić information content (AvgIpc) is 2.82. The minimum Gasteiger partial charge on any atom is -0.463 e. The van der Waals surface area contributed by atoms with Gasteiger partial charge in [-0.15, -0.1) is 0 Å². The summed E-state index contributed by atoms with van der Waals surface area (Å²) in [5.74, 6) is -0.604. The highest BCUT2D eigenvalue weighted by Crippen LogP contribution is 2.33. The summed E-state index contributed by atoms with van der Waals surface area (Å²) in [6.07, 6.45) is -0.0338. The molecule has 0 bridgehead atoms. The lowest BCUT2D eigenvalue weighted by Gasteiger charge is -2.19. The van der Waals surface area contributed by atoms with Gasteiger partial charge in [0.2, 0.25) is 5.91 Å². The largest absolute Gasteiger partial charge is 0.463 e. The number of esters is 1. The lowest BCUT2D eigenvalue weighted by atomic mass is 10.1. The van der Waals surface area contributed by atoms with Crippen LogP contribution >= 0.6 is 0 Å². The van der Waals surface area contributed by atoms with Crippen LogP contribution in [0.2, 0.25) is 0 Å². The van der Waals surface area contributed by atoms with Gasteiger partial charge >= 0.3 is 5.97 Å². The van der Waals surface area contributed by atoms with E-state index in [1.54, 1.807) is 6.92 Å². The van der Waals surface area contributed by atoms with Crippen molar-refractivity contribution in [3.63, 3.8) is 0 Å². The molecule has 0 atom stereocenters. The Hall–Kier alpha value is -2.82. The van der Waals surface area contributed by atoms with Gasteiger partial charge in [0.15, 0.2) is 0 Å². The zero-order chi connectivity index (χ0) is 15.7. The van der Waals surface area contributed by atoms with Crippen LogP contribution in [0.15, 0.2) is 53.9 Å². The zero-order valence-electron chi connectivity index (χ0n) is 12.2. The molecule has 0 aromatic heterocycles. The molecule has 1 amide bonds. The number of benzene rings is 2. The van der Waals surface area contributed by atoms with Crippen molar-refractivity contribution in [3.8, 4) is 0 Å². The average molecular weight is 296 g/mol. The summed E-state index contributed by atoms with van der Waals surface area (Å²) < 4.78 is 4.96. The van der Waals surface area contributed by atoms with Crippen LogP contribution in [0.1, 0.15) is 13.3 Å². The summed E-state index contributed by atoms with van der Waals surface area (Å²) in [5, 5.41) is 1.91. The van der Waals surface area contributed by atoms with Gasteiger partial charge in [0.05, 0.1) is 24.3 Å². The fourth-order valence-electron chi connectivity index (χ4n) is 2.65. The first-order valence-corrected chi connectivity index (χ1v) is 7.10. The lowest BCUT2D eigenvalue weighted by Crippen LogP contribution is -2.29. The Morgan fingerprint density at radius 2 is 1.95 bits per heavy atom. The second-order valence-electron chi connectivity index (χ2n) is 4.99. The number of hydrogen-bond donors (Lipinski definition) is 1. The maximum atomic E-state index is 12.3. The van der Waals surface area contributed by atoms with Crippen molar-refractivity contribution in [2.75, 3.05) is 11.5 Å². The Bertz CT molecular complexity index is 790. The summed E-state index contributed by atoms with van der Waals surface area (Å²) in [6, 6.07) is 13.4. The predicted molar refractivity (Wildman–Crippen MR) is 83.9 cm³/mol. The first-order valence-electron chi connectivity index (χ1n) is 7.10. The van der Waals surface area contributed by atoms with Gasteiger partial charge in [-0.1, -0.05) is 36.4 Å². The van der Waals surface area contributed by atoms with Crippen LogP contribution in [-0.4, -0.2) is 18.5 Å². The molecule has 0 radical (unpaired) electrons. The molecule has 3 rings (SSSR count). The van der Waals surface area contributed by atoms with Gasteiger partial charge < -0.3 is 10.5 Å². The number of anilines is 1. The monoisotopic (exact) mass is 296 g/mol. The van der Waals surface area contributed by atoms with E-state index in [2.05, 4.69) is 0 Å². The minimum atomic E-state index is -0.531. The van der Waals surface area contributed by atoms with E-state index in [1.165, 1.54) is 4.90 Å². The quantitative estimate of drug-likeness (QED) is 0.882. The van der Waals surface area contributed by atoms with Crippen molar-refractivity contribution in [2.24, 2.45) is 5.73 Å². The molecule has 2 N–H and O–H groups in total. The number of carbonyl (C=O) groups excluding carboxylic acids is 2. The van der Waals surface area contributed by atoms with E-state index in [-0.39, 0.29) is 30.3 Å². The van der Waals surface area contributed by atoms with Crippen molar-refractivity contribution in [3.05, 3.63) is 53.9 Å². The molecule has 2 aromatic carbocycles. The molecule has 0 saturated carbocycles. The van der Waals surface area contributed by atoms with E-state index in [0.29, 0.717) is 5.69 Å². The van der Waals surface area contributed by atoms with Gasteiger partial charge in [-0.05, 0) is 18.4 Å². The van der Waals surface area contributed by atoms with Gasteiger partial charge in [-0.25, -0.2) is 4.79 Å². The zero-order valence-corrected chi connectivity index (χ0v) is 12.2. The highest BCUT2D eigenvalue weighted by Gasteiger charge is 2.34. The maximum absolute atomic E-state index is 12.3. The second kappa shape index (κ2) is 5.52. The van der Waals surface area contributed by atoms with Crippen LogP contribution in [0.4, 0.5) is 5.69 Å². The Morgan fingerprint density at radius 3 is 2.73 bits per heavy atom. The number of rotatable bonds is 3. The van der Waals surface area contributed by atoms with E-state index >= 15 is 0 Å². The Kier molecular flexibility index (Phi) is 3.55. The molecular weight excluding hydrogens is 280 g/mol. The fraction of sp³-hybridized carbons (Fsp3) is 0.176. The van der Waals surface area contributed by atoms with Gasteiger partial charge in [0.25, 0.3) is 0 Å². The van der Waals surface area contributed by atoms with Crippen molar-refractivity contribution in [1.82, 2.24) is 0 Å². The number of amides is 1. The summed E-state index contributed by atoms with van der Waals surface area (Å²) in [5.41, 5.74) is 6.95. The van der Waals surface area contributed by atoms with Crippen molar-refractivity contribution in [2.45, 2.75) is 13.3 Å². The maximum Gasteiger partial charge on any atom is 0.338 e. The number of fused-ring (bicyclic) bond motifs is 1. The molecule has 1 heterocycles. The first kappa shape index (κ1) is 14.1. The summed E-state index contributed by atoms with van der Waals surface area (Å²) in [6.45, 7) is 1.96. The van der Waals surface area contributed by atoms with Crippen LogP contribution < -0.4 is 10.6 Å². The van der Waals surface area contributed by atoms with Gasteiger partial charge in [-0.3, -0.25) is 9.69 Å². The summed E-state index contributed by atoms with van der Waals surface area (Å²) in [7, 11) is 0. The molecule has 0 saturated heterocycles. The number of nitrogens with two attached hydrogens (primary N) is 1. The number of carbonyl (C=O) groups is 2. The molecule has 1 aliphatic heterocycles. The van der Waals surface area contributed by atoms with E-state index < -0.39 is 5.97 Å².